The lowest BCUT2D eigenvalue weighted by Gasteiger charge is -2.31. The van der Waals surface area contributed by atoms with Gasteiger partial charge in [-0.3, -0.25) is 9.59 Å². The SMILES string of the molecule is CC/C=C\C/C=C\C/C=C\C/C=C\C/C=C\CC(=O)OC(COCCC(C(=O)O)[N+](C)(C)C)COC(=O)CCCCCCCCCCC/C=C\C/C=C\CCCCCCC. The maximum atomic E-state index is 12.7. The third-order valence-corrected chi connectivity index (χ3v) is 10.1. The number of aliphatic carboxylic acids is 1. The van der Waals surface area contributed by atoms with E-state index in [0.29, 0.717) is 19.3 Å². The summed E-state index contributed by atoms with van der Waals surface area (Å²) in [5.74, 6) is -1.64. The Kier molecular flexibility index (Phi) is 39.8. The quantitative estimate of drug-likeness (QED) is 0.0283. The summed E-state index contributed by atoms with van der Waals surface area (Å²) >= 11 is 0. The molecule has 0 aromatic heterocycles. The van der Waals surface area contributed by atoms with Crippen LogP contribution in [0.1, 0.15) is 174 Å². The first-order valence-corrected chi connectivity index (χ1v) is 23.6. The van der Waals surface area contributed by atoms with E-state index in [0.717, 1.165) is 51.4 Å². The van der Waals surface area contributed by atoms with Crippen molar-refractivity contribution in [1.29, 1.82) is 0 Å². The summed E-state index contributed by atoms with van der Waals surface area (Å²) in [5.41, 5.74) is 0. The Morgan fingerprint density at radius 2 is 0.983 bits per heavy atom. The van der Waals surface area contributed by atoms with Crippen molar-refractivity contribution in [3.63, 3.8) is 0 Å². The molecule has 60 heavy (non-hydrogen) atoms. The van der Waals surface area contributed by atoms with E-state index in [4.69, 9.17) is 14.2 Å². The van der Waals surface area contributed by atoms with Crippen molar-refractivity contribution in [3.05, 3.63) is 85.1 Å². The molecule has 0 saturated carbocycles. The molecule has 2 atom stereocenters. The summed E-state index contributed by atoms with van der Waals surface area (Å²) in [6.45, 7) is 4.49. The summed E-state index contributed by atoms with van der Waals surface area (Å²) in [7, 11) is 5.49. The first-order chi connectivity index (χ1) is 29.1. The minimum Gasteiger partial charge on any atom is -0.477 e. The zero-order chi connectivity index (χ0) is 44.2. The number of hydrogen-bond acceptors (Lipinski definition) is 6. The Balaban J connectivity index is 4.39. The Morgan fingerprint density at radius 1 is 0.533 bits per heavy atom. The molecule has 0 aromatic carbocycles. The molecule has 2 unspecified atom stereocenters. The largest absolute Gasteiger partial charge is 0.477 e. The number of quaternary nitrogens is 1. The Bertz CT molecular complexity index is 1250. The number of unbranched alkanes of at least 4 members (excludes halogenated alkanes) is 14. The molecule has 0 aliphatic rings. The molecule has 0 spiro atoms. The van der Waals surface area contributed by atoms with Gasteiger partial charge in [0.05, 0.1) is 40.8 Å². The van der Waals surface area contributed by atoms with Gasteiger partial charge in [0, 0.05) is 12.8 Å². The zero-order valence-corrected chi connectivity index (χ0v) is 38.9. The lowest BCUT2D eigenvalue weighted by atomic mass is 10.1. The number of carbonyl (C=O) groups excluding carboxylic acids is 2. The number of allylic oxidation sites excluding steroid dienone is 13. The van der Waals surface area contributed by atoms with Gasteiger partial charge in [0.2, 0.25) is 0 Å². The van der Waals surface area contributed by atoms with Gasteiger partial charge >= 0.3 is 17.9 Å². The summed E-state index contributed by atoms with van der Waals surface area (Å²) in [6, 6.07) is -0.635. The average molecular weight is 839 g/mol. The van der Waals surface area contributed by atoms with Crippen LogP contribution < -0.4 is 0 Å². The van der Waals surface area contributed by atoms with Gasteiger partial charge in [-0.1, -0.05) is 170 Å². The molecule has 8 heteroatoms. The zero-order valence-electron chi connectivity index (χ0n) is 38.9. The predicted molar refractivity (Wildman–Crippen MR) is 252 cm³/mol. The highest BCUT2D eigenvalue weighted by molar-refractivity contribution is 5.72. The second-order valence-corrected chi connectivity index (χ2v) is 16.6. The highest BCUT2D eigenvalue weighted by atomic mass is 16.6. The molecule has 342 valence electrons. The number of carbonyl (C=O) groups is 3. The van der Waals surface area contributed by atoms with Gasteiger partial charge < -0.3 is 23.8 Å². The first kappa shape index (κ1) is 56.5. The average Bonchev–Trinajstić information content (AvgIpc) is 3.21. The minimum absolute atomic E-state index is 0.0157. The number of ether oxygens (including phenoxy) is 3. The van der Waals surface area contributed by atoms with Gasteiger partial charge in [0.1, 0.15) is 6.61 Å². The number of rotatable bonds is 41. The van der Waals surface area contributed by atoms with Gasteiger partial charge in [-0.15, -0.1) is 0 Å². The van der Waals surface area contributed by atoms with Crippen molar-refractivity contribution >= 4 is 17.9 Å². The third-order valence-electron chi connectivity index (χ3n) is 10.1. The highest BCUT2D eigenvalue weighted by Gasteiger charge is 2.31. The summed E-state index contributed by atoms with van der Waals surface area (Å²) in [6.07, 6.45) is 55.2. The second-order valence-electron chi connectivity index (χ2n) is 16.6. The number of carboxylic acids is 1. The Labute approximate surface area is 367 Å². The van der Waals surface area contributed by atoms with Gasteiger partial charge in [-0.25, -0.2) is 4.79 Å². The van der Waals surface area contributed by atoms with Crippen LogP contribution in [-0.4, -0.2) is 80.6 Å². The topological polar surface area (TPSA) is 99.1 Å². The van der Waals surface area contributed by atoms with Crippen LogP contribution in [0.5, 0.6) is 0 Å². The molecule has 0 rings (SSSR count). The van der Waals surface area contributed by atoms with Crippen molar-refractivity contribution in [3.8, 4) is 0 Å². The number of carboxylic acid groups (broad SMARTS) is 1. The predicted octanol–water partition coefficient (Wildman–Crippen LogP) is 13.3. The first-order valence-electron chi connectivity index (χ1n) is 23.6. The molecule has 0 bridgehead atoms. The monoisotopic (exact) mass is 839 g/mol. The van der Waals surface area contributed by atoms with Crippen LogP contribution in [0.3, 0.4) is 0 Å². The van der Waals surface area contributed by atoms with Gasteiger partial charge in [-0.05, 0) is 70.6 Å². The van der Waals surface area contributed by atoms with E-state index in [1.165, 1.54) is 83.5 Å². The van der Waals surface area contributed by atoms with E-state index in [2.05, 4.69) is 86.8 Å². The Morgan fingerprint density at radius 3 is 1.47 bits per heavy atom. The molecule has 0 fully saturated rings. The molecule has 0 aromatic rings. The van der Waals surface area contributed by atoms with Crippen LogP contribution >= 0.6 is 0 Å². The van der Waals surface area contributed by atoms with Crippen LogP contribution in [-0.2, 0) is 28.6 Å². The fraction of sp³-hybridized carbons (Fsp3) is 0.673. The summed E-state index contributed by atoms with van der Waals surface area (Å²) in [4.78, 5) is 37.0. The van der Waals surface area contributed by atoms with Gasteiger partial charge in [0.25, 0.3) is 0 Å². The number of hydrogen-bond donors (Lipinski definition) is 1. The standard InChI is InChI=1S/C52H87NO7/c1-6-8-10-12-14-16-18-20-22-23-24-25-26-27-29-30-32-34-36-38-40-42-50(54)59-47-48(46-58-45-44-49(52(56)57)53(3,4)5)60-51(55)43-41-39-37-35-33-31-28-21-19-17-15-13-11-9-7-2/h9,11,15,17-18,20-21,23-24,28,33,35,39,41,48-49H,6-8,10,12-14,16,19,22,25-27,29-32,34,36-38,40,42-47H2,1-5H3/p+1/b11-9-,17-15-,20-18-,24-23-,28-21-,35-33-,41-39-. The molecule has 0 aliphatic carbocycles. The van der Waals surface area contributed by atoms with Crippen molar-refractivity contribution in [2.75, 3.05) is 41.0 Å². The molecule has 0 saturated heterocycles. The van der Waals surface area contributed by atoms with Gasteiger partial charge in [-0.2, -0.15) is 0 Å². The fourth-order valence-corrected chi connectivity index (χ4v) is 6.43. The smallest absolute Gasteiger partial charge is 0.362 e. The molecular formula is C52H88NO7+. The van der Waals surface area contributed by atoms with Crippen molar-refractivity contribution in [2.45, 2.75) is 187 Å². The van der Waals surface area contributed by atoms with Crippen LogP contribution in [0.15, 0.2) is 85.1 Å². The lowest BCUT2D eigenvalue weighted by Crippen LogP contribution is -2.50. The second kappa shape index (κ2) is 42.2. The summed E-state index contributed by atoms with van der Waals surface area (Å²) in [5, 5.41) is 9.63. The molecule has 0 aliphatic heterocycles. The van der Waals surface area contributed by atoms with E-state index >= 15 is 0 Å². The summed E-state index contributed by atoms with van der Waals surface area (Å²) < 4.78 is 17.2. The number of likely N-dealkylation sites (N-methyl/N-ethyl adjacent to an activating group) is 1. The molecule has 0 radical (unpaired) electrons. The van der Waals surface area contributed by atoms with E-state index in [9.17, 15) is 19.5 Å². The lowest BCUT2D eigenvalue weighted by molar-refractivity contribution is -0.887. The minimum atomic E-state index is -0.892. The van der Waals surface area contributed by atoms with Crippen LogP contribution in [0, 0.1) is 0 Å². The van der Waals surface area contributed by atoms with E-state index in [1.807, 2.05) is 27.2 Å². The van der Waals surface area contributed by atoms with Gasteiger partial charge in [0.15, 0.2) is 12.1 Å². The normalized spacial score (nSPS) is 13.7. The van der Waals surface area contributed by atoms with E-state index in [-0.39, 0.29) is 36.7 Å². The maximum absolute atomic E-state index is 12.7. The van der Waals surface area contributed by atoms with Crippen molar-refractivity contribution in [2.24, 2.45) is 0 Å². The van der Waals surface area contributed by atoms with E-state index in [1.54, 1.807) is 6.08 Å². The Hall–Kier alpha value is -3.49. The highest BCUT2D eigenvalue weighted by Crippen LogP contribution is 2.13. The fourth-order valence-electron chi connectivity index (χ4n) is 6.43. The number of esters is 2. The number of nitrogens with zero attached hydrogens (tertiary/aromatic N) is 1. The van der Waals surface area contributed by atoms with Crippen molar-refractivity contribution < 1.29 is 38.2 Å². The van der Waals surface area contributed by atoms with Crippen LogP contribution in [0.25, 0.3) is 0 Å². The van der Waals surface area contributed by atoms with Crippen molar-refractivity contribution in [1.82, 2.24) is 0 Å². The maximum Gasteiger partial charge on any atom is 0.362 e. The molecule has 0 amide bonds. The third kappa shape index (κ3) is 39.9. The molecule has 1 N–H and O–H groups in total. The molecule has 8 nitrogen and oxygen atoms in total. The van der Waals surface area contributed by atoms with E-state index < -0.39 is 24.1 Å². The van der Waals surface area contributed by atoms with Crippen LogP contribution in [0.4, 0.5) is 0 Å². The molecular weight excluding hydrogens is 751 g/mol. The molecule has 0 heterocycles. The van der Waals surface area contributed by atoms with Crippen LogP contribution in [0.2, 0.25) is 0 Å².